The molecule has 0 aliphatic carbocycles. The number of nitrogens with zero attached hydrogens (tertiary/aromatic N) is 2. The van der Waals surface area contributed by atoms with Crippen molar-refractivity contribution in [1.29, 1.82) is 0 Å². The summed E-state index contributed by atoms with van der Waals surface area (Å²) in [5.74, 6) is -0.607. The molecule has 0 bridgehead atoms. The summed E-state index contributed by atoms with van der Waals surface area (Å²) in [4.78, 5) is 27.6. The molecule has 0 aliphatic heterocycles. The van der Waals surface area contributed by atoms with Crippen LogP contribution in [0, 0.1) is 5.92 Å². The fourth-order valence-corrected chi connectivity index (χ4v) is 3.31. The van der Waals surface area contributed by atoms with Crippen molar-refractivity contribution in [3.8, 4) is 0 Å². The molecule has 0 atom stereocenters. The first-order valence-electron chi connectivity index (χ1n) is 8.73. The van der Waals surface area contributed by atoms with Crippen molar-refractivity contribution < 1.29 is 18.0 Å². The van der Waals surface area contributed by atoms with Crippen LogP contribution in [0.2, 0.25) is 0 Å². The second-order valence-corrected chi connectivity index (χ2v) is 8.61. The van der Waals surface area contributed by atoms with Crippen molar-refractivity contribution in [3.05, 3.63) is 54.4 Å². The van der Waals surface area contributed by atoms with Crippen molar-refractivity contribution in [2.24, 2.45) is 5.92 Å². The molecule has 2 amide bonds. The number of hydrogen-bond acceptors (Lipinski definition) is 5. The van der Waals surface area contributed by atoms with Crippen LogP contribution in [0.4, 0.5) is 5.69 Å². The number of benzene rings is 1. The Morgan fingerprint density at radius 2 is 1.82 bits per heavy atom. The van der Waals surface area contributed by atoms with Crippen molar-refractivity contribution in [1.82, 2.24) is 14.6 Å². The number of rotatable bonds is 8. The molecule has 2 rings (SSSR count). The second kappa shape index (κ2) is 9.43. The minimum absolute atomic E-state index is 0.0318. The summed E-state index contributed by atoms with van der Waals surface area (Å²) in [7, 11) is -2.43. The standard InChI is InChI=1S/C19H24N4O4S/c1-14(2)19(25)22-16-8-6-15(7-9-16)11-21-18(24)13-23(3)28(26,27)17-5-4-10-20-12-17/h4-10,12,14H,11,13H2,1-3H3,(H,21,24)(H,22,25). The summed E-state index contributed by atoms with van der Waals surface area (Å²) in [6.45, 7) is 3.56. The molecule has 28 heavy (non-hydrogen) atoms. The predicted molar refractivity (Wildman–Crippen MR) is 106 cm³/mol. The van der Waals surface area contributed by atoms with E-state index < -0.39 is 15.9 Å². The van der Waals surface area contributed by atoms with Gasteiger partial charge in [0.2, 0.25) is 21.8 Å². The SMILES string of the molecule is CC(C)C(=O)Nc1ccc(CNC(=O)CN(C)S(=O)(=O)c2cccnc2)cc1. The van der Waals surface area contributed by atoms with Crippen LogP contribution >= 0.6 is 0 Å². The molecular weight excluding hydrogens is 380 g/mol. The number of sulfonamides is 1. The van der Waals surface area contributed by atoms with E-state index in [9.17, 15) is 18.0 Å². The monoisotopic (exact) mass is 404 g/mol. The van der Waals surface area contributed by atoms with Crippen LogP contribution in [-0.2, 0) is 26.2 Å². The lowest BCUT2D eigenvalue weighted by Crippen LogP contribution is -2.38. The molecule has 0 unspecified atom stereocenters. The first kappa shape index (κ1) is 21.5. The van der Waals surface area contributed by atoms with Gasteiger partial charge >= 0.3 is 0 Å². The zero-order chi connectivity index (χ0) is 20.7. The zero-order valence-electron chi connectivity index (χ0n) is 16.0. The fraction of sp³-hybridized carbons (Fsp3) is 0.316. The predicted octanol–water partition coefficient (Wildman–Crippen LogP) is 1.61. The van der Waals surface area contributed by atoms with Crippen LogP contribution in [0.25, 0.3) is 0 Å². The van der Waals surface area contributed by atoms with E-state index in [1.54, 1.807) is 24.3 Å². The number of nitrogens with one attached hydrogen (secondary N) is 2. The Morgan fingerprint density at radius 3 is 2.39 bits per heavy atom. The summed E-state index contributed by atoms with van der Waals surface area (Å²) < 4.78 is 25.7. The number of carbonyl (C=O) groups is 2. The van der Waals surface area contributed by atoms with Crippen molar-refractivity contribution in [3.63, 3.8) is 0 Å². The van der Waals surface area contributed by atoms with Crippen LogP contribution in [-0.4, -0.2) is 43.1 Å². The number of likely N-dealkylation sites (N-methyl/N-ethyl adjacent to an activating group) is 1. The van der Waals surface area contributed by atoms with Gasteiger partial charge in [0.15, 0.2) is 0 Å². The number of anilines is 1. The molecule has 0 saturated carbocycles. The Kier molecular flexibility index (Phi) is 7.24. The largest absolute Gasteiger partial charge is 0.351 e. The highest BCUT2D eigenvalue weighted by Gasteiger charge is 2.22. The van der Waals surface area contributed by atoms with E-state index in [1.165, 1.54) is 31.6 Å². The van der Waals surface area contributed by atoms with Gasteiger partial charge in [-0.15, -0.1) is 0 Å². The van der Waals surface area contributed by atoms with Gasteiger partial charge in [-0.1, -0.05) is 26.0 Å². The molecule has 0 spiro atoms. The van der Waals surface area contributed by atoms with Gasteiger partial charge in [-0.3, -0.25) is 14.6 Å². The molecule has 9 heteroatoms. The third kappa shape index (κ3) is 5.86. The molecule has 1 aromatic carbocycles. The van der Waals surface area contributed by atoms with Gasteiger partial charge in [-0.25, -0.2) is 8.42 Å². The van der Waals surface area contributed by atoms with Crippen LogP contribution in [0.3, 0.4) is 0 Å². The topological polar surface area (TPSA) is 108 Å². The number of amides is 2. The summed E-state index contributed by atoms with van der Waals surface area (Å²) in [6.07, 6.45) is 2.72. The highest BCUT2D eigenvalue weighted by Crippen LogP contribution is 2.13. The molecule has 8 nitrogen and oxygen atoms in total. The quantitative estimate of drug-likeness (QED) is 0.695. The normalized spacial score (nSPS) is 11.5. The second-order valence-electron chi connectivity index (χ2n) is 6.57. The number of carbonyl (C=O) groups excluding carboxylic acids is 2. The van der Waals surface area contributed by atoms with Crippen LogP contribution < -0.4 is 10.6 Å². The van der Waals surface area contributed by atoms with E-state index in [4.69, 9.17) is 0 Å². The van der Waals surface area contributed by atoms with Gasteiger partial charge in [-0.05, 0) is 29.8 Å². The molecule has 1 aromatic heterocycles. The third-order valence-electron chi connectivity index (χ3n) is 3.94. The lowest BCUT2D eigenvalue weighted by atomic mass is 10.1. The van der Waals surface area contributed by atoms with Gasteiger partial charge in [0.1, 0.15) is 4.90 Å². The van der Waals surface area contributed by atoms with E-state index in [-0.39, 0.29) is 29.8 Å². The average molecular weight is 404 g/mol. The first-order valence-corrected chi connectivity index (χ1v) is 10.2. The van der Waals surface area contributed by atoms with Crippen LogP contribution in [0.5, 0.6) is 0 Å². The van der Waals surface area contributed by atoms with Crippen LogP contribution in [0.1, 0.15) is 19.4 Å². The van der Waals surface area contributed by atoms with E-state index in [1.807, 2.05) is 13.8 Å². The van der Waals surface area contributed by atoms with Gasteiger partial charge < -0.3 is 10.6 Å². The van der Waals surface area contributed by atoms with Crippen molar-refractivity contribution in [2.45, 2.75) is 25.3 Å². The molecule has 2 aromatic rings. The molecule has 1 heterocycles. The summed E-state index contributed by atoms with van der Waals surface area (Å²) in [5.41, 5.74) is 1.50. The van der Waals surface area contributed by atoms with Gasteiger partial charge in [0.05, 0.1) is 6.54 Å². The first-order chi connectivity index (χ1) is 13.2. The number of hydrogen-bond donors (Lipinski definition) is 2. The Bertz CT molecular complexity index is 913. The lowest BCUT2D eigenvalue weighted by Gasteiger charge is -2.16. The van der Waals surface area contributed by atoms with E-state index in [0.29, 0.717) is 5.69 Å². The van der Waals surface area contributed by atoms with Gasteiger partial charge in [-0.2, -0.15) is 4.31 Å². The van der Waals surface area contributed by atoms with Crippen molar-refractivity contribution in [2.75, 3.05) is 18.9 Å². The van der Waals surface area contributed by atoms with Crippen LogP contribution in [0.15, 0.2) is 53.7 Å². The smallest absolute Gasteiger partial charge is 0.244 e. The molecule has 0 aliphatic rings. The maximum atomic E-state index is 12.4. The minimum atomic E-state index is -3.77. The Morgan fingerprint density at radius 1 is 1.14 bits per heavy atom. The van der Waals surface area contributed by atoms with E-state index >= 15 is 0 Å². The minimum Gasteiger partial charge on any atom is -0.351 e. The molecular formula is C19H24N4O4S. The summed E-state index contributed by atoms with van der Waals surface area (Å²) >= 11 is 0. The zero-order valence-corrected chi connectivity index (χ0v) is 16.9. The molecule has 0 fully saturated rings. The fourth-order valence-electron chi connectivity index (χ4n) is 2.22. The lowest BCUT2D eigenvalue weighted by molar-refractivity contribution is -0.121. The van der Waals surface area contributed by atoms with E-state index in [0.717, 1.165) is 9.87 Å². The van der Waals surface area contributed by atoms with Crippen molar-refractivity contribution >= 4 is 27.5 Å². The highest BCUT2D eigenvalue weighted by molar-refractivity contribution is 7.89. The Hall–Kier alpha value is -2.78. The number of aromatic nitrogens is 1. The Labute approximate surface area is 165 Å². The van der Waals surface area contributed by atoms with Gasteiger partial charge in [0, 0.05) is 37.6 Å². The molecule has 2 N–H and O–H groups in total. The van der Waals surface area contributed by atoms with E-state index in [2.05, 4.69) is 15.6 Å². The van der Waals surface area contributed by atoms with Gasteiger partial charge in [0.25, 0.3) is 0 Å². The maximum absolute atomic E-state index is 12.4. The summed E-state index contributed by atoms with van der Waals surface area (Å²) in [6, 6.07) is 10.0. The Balaban J connectivity index is 1.87. The molecule has 0 radical (unpaired) electrons. The third-order valence-corrected chi connectivity index (χ3v) is 5.73. The molecule has 0 saturated heterocycles. The summed E-state index contributed by atoms with van der Waals surface area (Å²) in [5, 5.41) is 5.47. The number of pyridine rings is 1. The average Bonchev–Trinajstić information content (AvgIpc) is 2.68. The molecule has 150 valence electrons. The maximum Gasteiger partial charge on any atom is 0.244 e. The highest BCUT2D eigenvalue weighted by atomic mass is 32.2.